The molecule has 1 heterocycles. The minimum absolute atomic E-state index is 0.0901. The van der Waals surface area contributed by atoms with Crippen molar-refractivity contribution in [2.24, 2.45) is 0 Å². The van der Waals surface area contributed by atoms with Crippen LogP contribution in [0.3, 0.4) is 0 Å². The molecule has 0 unspecified atom stereocenters. The molecule has 5 nitrogen and oxygen atoms in total. The van der Waals surface area contributed by atoms with Crippen LogP contribution in [0.25, 0.3) is 5.69 Å². The molecule has 0 aliphatic rings. The normalized spacial score (nSPS) is 10.1. The van der Waals surface area contributed by atoms with Gasteiger partial charge in [0.1, 0.15) is 6.33 Å². The molecule has 0 aliphatic carbocycles. The number of hydrogen-bond acceptors (Lipinski definition) is 3. The summed E-state index contributed by atoms with van der Waals surface area (Å²) in [6, 6.07) is 7.34. The Morgan fingerprint density at radius 2 is 2.12 bits per heavy atom. The fourth-order valence-electron chi connectivity index (χ4n) is 1.34. The van der Waals surface area contributed by atoms with Crippen molar-refractivity contribution in [1.29, 1.82) is 0 Å². The third-order valence-electron chi connectivity index (χ3n) is 2.02. The molecular formula is C10H10N4OS. The predicted molar refractivity (Wildman–Crippen MR) is 63.1 cm³/mol. The minimum Gasteiger partial charge on any atom is -0.326 e. The number of carbonyl (C=O) groups excluding carboxylic acids is 1. The highest BCUT2D eigenvalue weighted by atomic mass is 32.1. The number of amides is 1. The first-order chi connectivity index (χ1) is 7.66. The number of aromatic nitrogens is 3. The van der Waals surface area contributed by atoms with Gasteiger partial charge in [0.15, 0.2) is 4.77 Å². The zero-order valence-electron chi connectivity index (χ0n) is 8.60. The van der Waals surface area contributed by atoms with Crippen molar-refractivity contribution in [1.82, 2.24) is 14.8 Å². The second-order valence-corrected chi connectivity index (χ2v) is 3.65. The van der Waals surface area contributed by atoms with Crippen LogP contribution in [0.5, 0.6) is 0 Å². The lowest BCUT2D eigenvalue weighted by molar-refractivity contribution is -0.114. The average molecular weight is 234 g/mol. The van der Waals surface area contributed by atoms with E-state index >= 15 is 0 Å². The van der Waals surface area contributed by atoms with Crippen LogP contribution < -0.4 is 5.32 Å². The van der Waals surface area contributed by atoms with Gasteiger partial charge in [-0.1, -0.05) is 0 Å². The Kier molecular flexibility index (Phi) is 2.82. The van der Waals surface area contributed by atoms with E-state index in [-0.39, 0.29) is 5.91 Å². The van der Waals surface area contributed by atoms with Crippen LogP contribution in [-0.4, -0.2) is 20.7 Å². The van der Waals surface area contributed by atoms with Crippen LogP contribution in [0.2, 0.25) is 0 Å². The summed E-state index contributed by atoms with van der Waals surface area (Å²) in [6.07, 6.45) is 1.61. The summed E-state index contributed by atoms with van der Waals surface area (Å²) in [5.41, 5.74) is 1.65. The molecule has 6 heteroatoms. The second-order valence-electron chi connectivity index (χ2n) is 3.26. The van der Waals surface area contributed by atoms with Crippen LogP contribution >= 0.6 is 12.2 Å². The van der Waals surface area contributed by atoms with Gasteiger partial charge in [0.05, 0.1) is 0 Å². The maximum atomic E-state index is 10.8. The monoisotopic (exact) mass is 234 g/mol. The van der Waals surface area contributed by atoms with Gasteiger partial charge in [0, 0.05) is 18.3 Å². The third kappa shape index (κ3) is 2.17. The fraction of sp³-hybridized carbons (Fsp3) is 0.100. The lowest BCUT2D eigenvalue weighted by Gasteiger charge is -2.04. The number of nitrogens with zero attached hydrogens (tertiary/aromatic N) is 2. The molecule has 0 saturated heterocycles. The van der Waals surface area contributed by atoms with Crippen molar-refractivity contribution in [3.05, 3.63) is 35.4 Å². The average Bonchev–Trinajstić information content (AvgIpc) is 2.65. The second kappa shape index (κ2) is 4.28. The summed E-state index contributed by atoms with van der Waals surface area (Å²) >= 11 is 5.05. The van der Waals surface area contributed by atoms with E-state index in [2.05, 4.69) is 15.5 Å². The van der Waals surface area contributed by atoms with E-state index in [9.17, 15) is 4.79 Å². The standard InChI is InChI=1S/C10H10N4OS/c1-7(15)12-8-2-4-9(5-3-8)14-6-11-13-10(14)16/h2-6H,1H3,(H,12,15)(H,13,16). The molecule has 0 aliphatic heterocycles. The van der Waals surface area contributed by atoms with E-state index in [4.69, 9.17) is 12.2 Å². The summed E-state index contributed by atoms with van der Waals surface area (Å²) in [4.78, 5) is 10.8. The number of rotatable bonds is 2. The first kappa shape index (κ1) is 10.6. The van der Waals surface area contributed by atoms with Crippen molar-refractivity contribution in [2.75, 3.05) is 5.32 Å². The molecule has 82 valence electrons. The molecule has 2 rings (SSSR count). The van der Waals surface area contributed by atoms with Crippen LogP contribution in [0.4, 0.5) is 5.69 Å². The fourth-order valence-corrected chi connectivity index (χ4v) is 1.55. The molecule has 0 radical (unpaired) electrons. The van der Waals surface area contributed by atoms with Gasteiger partial charge in [-0.25, -0.2) is 0 Å². The number of H-pyrrole nitrogens is 1. The van der Waals surface area contributed by atoms with Crippen molar-refractivity contribution >= 4 is 23.8 Å². The number of benzene rings is 1. The number of anilines is 1. The Labute approximate surface area is 97.1 Å². The van der Waals surface area contributed by atoms with E-state index < -0.39 is 0 Å². The number of nitrogens with one attached hydrogen (secondary N) is 2. The zero-order chi connectivity index (χ0) is 11.5. The SMILES string of the molecule is CC(=O)Nc1ccc(-n2cn[nH]c2=S)cc1. The molecule has 2 N–H and O–H groups in total. The van der Waals surface area contributed by atoms with Gasteiger partial charge in [0.25, 0.3) is 0 Å². The largest absolute Gasteiger partial charge is 0.326 e. The number of carbonyl (C=O) groups is 1. The van der Waals surface area contributed by atoms with E-state index in [0.29, 0.717) is 4.77 Å². The molecule has 0 bridgehead atoms. The molecule has 2 aromatic rings. The van der Waals surface area contributed by atoms with Crippen LogP contribution in [-0.2, 0) is 4.79 Å². The van der Waals surface area contributed by atoms with E-state index in [1.165, 1.54) is 6.92 Å². The van der Waals surface area contributed by atoms with Crippen molar-refractivity contribution < 1.29 is 4.79 Å². The molecule has 0 spiro atoms. The minimum atomic E-state index is -0.0901. The van der Waals surface area contributed by atoms with Gasteiger partial charge >= 0.3 is 0 Å². The van der Waals surface area contributed by atoms with Crippen LogP contribution in [0.1, 0.15) is 6.92 Å². The highest BCUT2D eigenvalue weighted by Crippen LogP contribution is 2.12. The molecule has 0 atom stereocenters. The quantitative estimate of drug-likeness (QED) is 0.780. The summed E-state index contributed by atoms with van der Waals surface area (Å²) in [5, 5.41) is 9.20. The van der Waals surface area contributed by atoms with E-state index in [1.807, 2.05) is 24.3 Å². The summed E-state index contributed by atoms with van der Waals surface area (Å²) in [7, 11) is 0. The van der Waals surface area contributed by atoms with Gasteiger partial charge in [-0.2, -0.15) is 5.10 Å². The number of aromatic amines is 1. The molecular weight excluding hydrogens is 224 g/mol. The van der Waals surface area contributed by atoms with Crippen molar-refractivity contribution in [3.63, 3.8) is 0 Å². The molecule has 1 amide bonds. The van der Waals surface area contributed by atoms with Crippen molar-refractivity contribution in [2.45, 2.75) is 6.92 Å². The van der Waals surface area contributed by atoms with Crippen molar-refractivity contribution in [3.8, 4) is 5.69 Å². The lowest BCUT2D eigenvalue weighted by Crippen LogP contribution is -2.05. The van der Waals surface area contributed by atoms with E-state index in [0.717, 1.165) is 11.4 Å². The predicted octanol–water partition coefficient (Wildman–Crippen LogP) is 1.89. The van der Waals surface area contributed by atoms with Crippen LogP contribution in [0, 0.1) is 4.77 Å². The number of hydrogen-bond donors (Lipinski definition) is 2. The molecule has 1 aromatic carbocycles. The first-order valence-electron chi connectivity index (χ1n) is 4.67. The van der Waals surface area contributed by atoms with Gasteiger partial charge in [0.2, 0.25) is 5.91 Å². The first-order valence-corrected chi connectivity index (χ1v) is 5.08. The Bertz CT molecular complexity index is 555. The van der Waals surface area contributed by atoms with Gasteiger partial charge in [-0.15, -0.1) is 0 Å². The Morgan fingerprint density at radius 3 is 2.62 bits per heavy atom. The highest BCUT2D eigenvalue weighted by Gasteiger charge is 1.99. The highest BCUT2D eigenvalue weighted by molar-refractivity contribution is 7.71. The van der Waals surface area contributed by atoms with Gasteiger partial charge in [-0.05, 0) is 36.5 Å². The zero-order valence-corrected chi connectivity index (χ0v) is 9.41. The third-order valence-corrected chi connectivity index (χ3v) is 2.31. The summed E-state index contributed by atoms with van der Waals surface area (Å²) in [6.45, 7) is 1.47. The van der Waals surface area contributed by atoms with Gasteiger partial charge < -0.3 is 5.32 Å². The smallest absolute Gasteiger partial charge is 0.221 e. The van der Waals surface area contributed by atoms with Gasteiger partial charge in [-0.3, -0.25) is 14.5 Å². The topological polar surface area (TPSA) is 62.7 Å². The summed E-state index contributed by atoms with van der Waals surface area (Å²) in [5.74, 6) is -0.0901. The lowest BCUT2D eigenvalue weighted by atomic mass is 10.3. The molecule has 1 aromatic heterocycles. The maximum absolute atomic E-state index is 10.8. The van der Waals surface area contributed by atoms with E-state index in [1.54, 1.807) is 10.9 Å². The molecule has 16 heavy (non-hydrogen) atoms. The maximum Gasteiger partial charge on any atom is 0.221 e. The summed E-state index contributed by atoms with van der Waals surface area (Å²) < 4.78 is 2.28. The Balaban J connectivity index is 2.30. The molecule has 0 saturated carbocycles. The Morgan fingerprint density at radius 1 is 1.44 bits per heavy atom. The molecule has 0 fully saturated rings. The van der Waals surface area contributed by atoms with Crippen LogP contribution in [0.15, 0.2) is 30.6 Å². The Hall–Kier alpha value is -1.95.